The normalized spacial score (nSPS) is 11.5. The van der Waals surface area contributed by atoms with Crippen LogP contribution < -0.4 is 10.5 Å². The number of ether oxygens (including phenoxy) is 1. The molecule has 0 amide bonds. The summed E-state index contributed by atoms with van der Waals surface area (Å²) >= 11 is 0. The van der Waals surface area contributed by atoms with E-state index in [-0.39, 0.29) is 11.7 Å². The molecule has 15 heavy (non-hydrogen) atoms. The molecular formula is C8H10F3N3O. The number of rotatable bonds is 3. The van der Waals surface area contributed by atoms with Crippen LogP contribution in [0.3, 0.4) is 0 Å². The van der Waals surface area contributed by atoms with Crippen LogP contribution in [0.25, 0.3) is 0 Å². The summed E-state index contributed by atoms with van der Waals surface area (Å²) < 4.78 is 40.2. The summed E-state index contributed by atoms with van der Waals surface area (Å²) in [6, 6.07) is 0. The summed E-state index contributed by atoms with van der Waals surface area (Å²) in [5.41, 5.74) is 5.85. The molecule has 0 aliphatic heterocycles. The summed E-state index contributed by atoms with van der Waals surface area (Å²) in [6.07, 6.45) is -2.90. The van der Waals surface area contributed by atoms with Crippen LogP contribution in [0.5, 0.6) is 5.88 Å². The highest BCUT2D eigenvalue weighted by Crippen LogP contribution is 2.22. The summed E-state index contributed by atoms with van der Waals surface area (Å²) in [5, 5.41) is 0. The fourth-order valence-corrected chi connectivity index (χ4v) is 1.02. The van der Waals surface area contributed by atoms with E-state index in [9.17, 15) is 13.2 Å². The number of nitrogens with zero attached hydrogens (tertiary/aromatic N) is 2. The molecule has 1 aromatic heterocycles. The Morgan fingerprint density at radius 3 is 2.60 bits per heavy atom. The Labute approximate surface area is 84.3 Å². The van der Waals surface area contributed by atoms with Crippen LogP contribution in [-0.4, -0.2) is 22.8 Å². The van der Waals surface area contributed by atoms with Gasteiger partial charge in [-0.3, -0.25) is 0 Å². The zero-order chi connectivity index (χ0) is 11.5. The van der Waals surface area contributed by atoms with E-state index < -0.39 is 12.8 Å². The summed E-state index contributed by atoms with van der Waals surface area (Å²) in [4.78, 5) is 7.26. The second kappa shape index (κ2) is 4.33. The Bertz CT molecular complexity index is 340. The molecule has 0 unspecified atom stereocenters. The lowest BCUT2D eigenvalue weighted by molar-refractivity contribution is -0.154. The Kier molecular flexibility index (Phi) is 3.33. The molecule has 1 rings (SSSR count). The fourth-order valence-electron chi connectivity index (χ4n) is 1.02. The van der Waals surface area contributed by atoms with Gasteiger partial charge >= 0.3 is 6.18 Å². The molecule has 7 heteroatoms. The van der Waals surface area contributed by atoms with Crippen LogP contribution in [-0.2, 0) is 6.42 Å². The van der Waals surface area contributed by atoms with Crippen LogP contribution in [0.4, 0.5) is 19.0 Å². The molecule has 0 spiro atoms. The monoisotopic (exact) mass is 221 g/mol. The highest BCUT2D eigenvalue weighted by molar-refractivity contribution is 5.44. The largest absolute Gasteiger partial charge is 0.468 e. The number of hydrogen-bond donors (Lipinski definition) is 1. The molecule has 2 N–H and O–H groups in total. The first-order chi connectivity index (χ1) is 6.94. The number of anilines is 1. The van der Waals surface area contributed by atoms with Gasteiger partial charge in [0.15, 0.2) is 6.61 Å². The van der Waals surface area contributed by atoms with E-state index in [1.165, 1.54) is 0 Å². The number of nitrogen functional groups attached to an aromatic ring is 1. The van der Waals surface area contributed by atoms with Crippen LogP contribution in [0, 0.1) is 0 Å². The van der Waals surface area contributed by atoms with Crippen molar-refractivity contribution >= 4 is 5.82 Å². The predicted molar refractivity (Wildman–Crippen MR) is 47.4 cm³/mol. The number of aromatic nitrogens is 2. The first-order valence-corrected chi connectivity index (χ1v) is 4.23. The van der Waals surface area contributed by atoms with Gasteiger partial charge in [-0.1, -0.05) is 6.92 Å². The van der Waals surface area contributed by atoms with E-state index in [1.807, 2.05) is 0 Å². The molecule has 4 nitrogen and oxygen atoms in total. The molecule has 0 aliphatic rings. The minimum Gasteiger partial charge on any atom is -0.468 e. The van der Waals surface area contributed by atoms with Gasteiger partial charge in [-0.15, -0.1) is 0 Å². The van der Waals surface area contributed by atoms with Gasteiger partial charge in [-0.05, 0) is 6.42 Å². The summed E-state index contributed by atoms with van der Waals surface area (Å²) in [6.45, 7) is 0.353. The van der Waals surface area contributed by atoms with Gasteiger partial charge in [-0.25, -0.2) is 9.97 Å². The van der Waals surface area contributed by atoms with Crippen LogP contribution in [0.1, 0.15) is 12.5 Å². The van der Waals surface area contributed by atoms with Crippen molar-refractivity contribution in [3.63, 3.8) is 0 Å². The quantitative estimate of drug-likeness (QED) is 0.841. The minimum atomic E-state index is -4.38. The number of alkyl halides is 3. The minimum absolute atomic E-state index is 0.109. The van der Waals surface area contributed by atoms with Crippen molar-refractivity contribution in [2.45, 2.75) is 19.5 Å². The molecule has 0 bridgehead atoms. The lowest BCUT2D eigenvalue weighted by Crippen LogP contribution is -2.20. The predicted octanol–water partition coefficient (Wildman–Crippen LogP) is 1.56. The lowest BCUT2D eigenvalue weighted by Gasteiger charge is -2.11. The second-order valence-electron chi connectivity index (χ2n) is 2.80. The van der Waals surface area contributed by atoms with Gasteiger partial charge in [0.2, 0.25) is 5.88 Å². The van der Waals surface area contributed by atoms with Crippen molar-refractivity contribution in [3.05, 3.63) is 11.9 Å². The van der Waals surface area contributed by atoms with Gasteiger partial charge in [0, 0.05) is 0 Å². The van der Waals surface area contributed by atoms with Gasteiger partial charge in [0.05, 0.1) is 5.56 Å². The molecule has 0 aliphatic carbocycles. The Morgan fingerprint density at radius 2 is 2.07 bits per heavy atom. The van der Waals surface area contributed by atoms with Crippen molar-refractivity contribution in [3.8, 4) is 5.88 Å². The van der Waals surface area contributed by atoms with E-state index in [0.29, 0.717) is 12.0 Å². The number of halogens is 3. The van der Waals surface area contributed by atoms with E-state index in [0.717, 1.165) is 6.33 Å². The van der Waals surface area contributed by atoms with Gasteiger partial charge < -0.3 is 10.5 Å². The average molecular weight is 221 g/mol. The zero-order valence-corrected chi connectivity index (χ0v) is 8.01. The lowest BCUT2D eigenvalue weighted by atomic mass is 10.2. The van der Waals surface area contributed by atoms with E-state index in [1.54, 1.807) is 6.92 Å². The topological polar surface area (TPSA) is 61.0 Å². The van der Waals surface area contributed by atoms with Crippen LogP contribution >= 0.6 is 0 Å². The highest BCUT2D eigenvalue weighted by Gasteiger charge is 2.29. The molecule has 0 saturated carbocycles. The molecule has 84 valence electrons. The number of nitrogens with two attached hydrogens (primary N) is 1. The van der Waals surface area contributed by atoms with Crippen molar-refractivity contribution in [2.24, 2.45) is 0 Å². The smallest absolute Gasteiger partial charge is 0.422 e. The standard InChI is InChI=1S/C8H10F3N3O/c1-2-5-6(12)13-4-14-7(5)15-3-8(9,10)11/h4H,2-3H2,1H3,(H2,12,13,14). The van der Waals surface area contributed by atoms with Crippen molar-refractivity contribution < 1.29 is 17.9 Å². The van der Waals surface area contributed by atoms with Crippen molar-refractivity contribution in [1.82, 2.24) is 9.97 Å². The van der Waals surface area contributed by atoms with Crippen molar-refractivity contribution in [1.29, 1.82) is 0 Å². The average Bonchev–Trinajstić information content (AvgIpc) is 2.13. The Hall–Kier alpha value is -1.53. The maximum absolute atomic E-state index is 11.9. The number of hydrogen-bond acceptors (Lipinski definition) is 4. The van der Waals surface area contributed by atoms with Gasteiger partial charge in [-0.2, -0.15) is 13.2 Å². The third-order valence-electron chi connectivity index (χ3n) is 1.67. The SMILES string of the molecule is CCc1c(N)ncnc1OCC(F)(F)F. The molecule has 0 atom stereocenters. The van der Waals surface area contributed by atoms with Crippen molar-refractivity contribution in [2.75, 3.05) is 12.3 Å². The van der Waals surface area contributed by atoms with Gasteiger partial charge in [0.25, 0.3) is 0 Å². The first kappa shape index (κ1) is 11.5. The zero-order valence-electron chi connectivity index (χ0n) is 8.01. The summed E-state index contributed by atoms with van der Waals surface area (Å²) in [7, 11) is 0. The Morgan fingerprint density at radius 1 is 1.40 bits per heavy atom. The third-order valence-corrected chi connectivity index (χ3v) is 1.67. The molecule has 0 radical (unpaired) electrons. The highest BCUT2D eigenvalue weighted by atomic mass is 19.4. The fraction of sp³-hybridized carbons (Fsp3) is 0.500. The second-order valence-corrected chi connectivity index (χ2v) is 2.80. The molecule has 1 aromatic rings. The molecule has 0 aromatic carbocycles. The van der Waals surface area contributed by atoms with Gasteiger partial charge in [0.1, 0.15) is 12.1 Å². The van der Waals surface area contributed by atoms with E-state index >= 15 is 0 Å². The Balaban J connectivity index is 2.81. The maximum Gasteiger partial charge on any atom is 0.422 e. The van der Waals surface area contributed by atoms with Crippen LogP contribution in [0.15, 0.2) is 6.33 Å². The maximum atomic E-state index is 11.9. The van der Waals surface area contributed by atoms with Crippen LogP contribution in [0.2, 0.25) is 0 Å². The van der Waals surface area contributed by atoms with E-state index in [4.69, 9.17) is 5.73 Å². The molecular weight excluding hydrogens is 211 g/mol. The molecule has 0 saturated heterocycles. The molecule has 0 fully saturated rings. The van der Waals surface area contributed by atoms with E-state index in [2.05, 4.69) is 14.7 Å². The first-order valence-electron chi connectivity index (χ1n) is 4.23. The molecule has 1 heterocycles. The third kappa shape index (κ3) is 3.26. The summed E-state index contributed by atoms with van der Waals surface area (Å²) in [5.74, 6) is 0.0343.